The zero-order chi connectivity index (χ0) is 20.7. The van der Waals surface area contributed by atoms with Crippen LogP contribution in [0.5, 0.6) is 5.75 Å². The van der Waals surface area contributed by atoms with Gasteiger partial charge < -0.3 is 20.3 Å². The van der Waals surface area contributed by atoms with Crippen molar-refractivity contribution in [2.75, 3.05) is 38.0 Å². The Morgan fingerprint density at radius 1 is 1.14 bits per heavy atom. The second-order valence-corrected chi connectivity index (χ2v) is 6.64. The summed E-state index contributed by atoms with van der Waals surface area (Å²) in [5.41, 5.74) is 0.370. The van der Waals surface area contributed by atoms with Crippen molar-refractivity contribution >= 4 is 17.6 Å². The van der Waals surface area contributed by atoms with Crippen LogP contribution in [0.15, 0.2) is 24.3 Å². The summed E-state index contributed by atoms with van der Waals surface area (Å²) >= 11 is 0. The highest BCUT2D eigenvalue weighted by molar-refractivity contribution is 5.89. The van der Waals surface area contributed by atoms with E-state index in [9.17, 15) is 22.8 Å². The van der Waals surface area contributed by atoms with E-state index in [2.05, 4.69) is 15.4 Å². The van der Waals surface area contributed by atoms with Crippen molar-refractivity contribution in [3.8, 4) is 5.75 Å². The third kappa shape index (κ3) is 7.26. The number of piperazine rings is 1. The van der Waals surface area contributed by atoms with E-state index in [0.717, 1.165) is 18.6 Å². The molecule has 28 heavy (non-hydrogen) atoms. The van der Waals surface area contributed by atoms with Crippen LogP contribution < -0.4 is 15.4 Å². The number of alkyl halides is 3. The summed E-state index contributed by atoms with van der Waals surface area (Å²) in [7, 11) is 0. The maximum absolute atomic E-state index is 12.3. The minimum atomic E-state index is -4.75. The Kier molecular flexibility index (Phi) is 7.50. The molecule has 2 rings (SSSR count). The molecule has 1 aliphatic rings. The molecule has 0 spiro atoms. The van der Waals surface area contributed by atoms with Crippen LogP contribution in [0, 0.1) is 0 Å². The van der Waals surface area contributed by atoms with Crippen LogP contribution in [0.2, 0.25) is 0 Å². The maximum Gasteiger partial charge on any atom is 0.573 e. The molecular formula is C18H25F3N4O3. The van der Waals surface area contributed by atoms with E-state index >= 15 is 0 Å². The van der Waals surface area contributed by atoms with Crippen molar-refractivity contribution in [2.45, 2.75) is 32.7 Å². The molecule has 1 fully saturated rings. The third-order valence-electron chi connectivity index (χ3n) is 4.39. The van der Waals surface area contributed by atoms with Gasteiger partial charge in [0.05, 0.1) is 6.54 Å². The molecule has 7 nitrogen and oxygen atoms in total. The molecule has 0 bridgehead atoms. The largest absolute Gasteiger partial charge is 0.573 e. The molecule has 1 atom stereocenters. The van der Waals surface area contributed by atoms with Crippen LogP contribution in [0.3, 0.4) is 0 Å². The van der Waals surface area contributed by atoms with Crippen molar-refractivity contribution in [3.63, 3.8) is 0 Å². The van der Waals surface area contributed by atoms with Gasteiger partial charge in [-0.1, -0.05) is 6.92 Å². The van der Waals surface area contributed by atoms with Crippen molar-refractivity contribution in [1.29, 1.82) is 0 Å². The van der Waals surface area contributed by atoms with Crippen LogP contribution in [0.4, 0.5) is 23.7 Å². The van der Waals surface area contributed by atoms with Gasteiger partial charge in [-0.05, 0) is 37.6 Å². The Hall–Kier alpha value is -2.49. The summed E-state index contributed by atoms with van der Waals surface area (Å²) in [6.45, 7) is 6.29. The van der Waals surface area contributed by atoms with Crippen molar-refractivity contribution < 1.29 is 27.5 Å². The smallest absolute Gasteiger partial charge is 0.406 e. The van der Waals surface area contributed by atoms with Gasteiger partial charge in [0, 0.05) is 37.9 Å². The fourth-order valence-corrected chi connectivity index (χ4v) is 2.68. The van der Waals surface area contributed by atoms with Crippen LogP contribution in [-0.2, 0) is 4.79 Å². The topological polar surface area (TPSA) is 73.9 Å². The van der Waals surface area contributed by atoms with E-state index < -0.39 is 6.36 Å². The van der Waals surface area contributed by atoms with E-state index in [4.69, 9.17) is 0 Å². The van der Waals surface area contributed by atoms with Crippen LogP contribution in [-0.4, -0.2) is 66.9 Å². The first-order chi connectivity index (χ1) is 13.2. The van der Waals surface area contributed by atoms with Crippen molar-refractivity contribution in [3.05, 3.63) is 24.3 Å². The lowest BCUT2D eigenvalue weighted by Crippen LogP contribution is -2.52. The molecule has 0 radical (unpaired) electrons. The number of nitrogens with one attached hydrogen (secondary N) is 2. The molecule has 1 saturated heterocycles. The van der Waals surface area contributed by atoms with E-state index in [1.165, 1.54) is 12.1 Å². The summed E-state index contributed by atoms with van der Waals surface area (Å²) in [6, 6.07) is 4.75. The molecule has 1 aromatic carbocycles. The number of carbonyl (C=O) groups excluding carboxylic acids is 2. The quantitative estimate of drug-likeness (QED) is 0.767. The third-order valence-corrected chi connectivity index (χ3v) is 4.39. The fourth-order valence-electron chi connectivity index (χ4n) is 2.68. The SMILES string of the molecule is CC[C@H](C)NC(=O)CN1CCN(C(=O)Nc2ccc(OC(F)(F)F)cc2)CC1. The molecule has 0 saturated carbocycles. The van der Waals surface area contributed by atoms with Crippen LogP contribution >= 0.6 is 0 Å². The zero-order valence-electron chi connectivity index (χ0n) is 15.9. The highest BCUT2D eigenvalue weighted by Gasteiger charge is 2.31. The lowest BCUT2D eigenvalue weighted by molar-refractivity contribution is -0.274. The minimum absolute atomic E-state index is 0.0339. The standard InChI is InChI=1S/C18H25F3N4O3/c1-3-13(2)22-16(26)12-24-8-10-25(11-9-24)17(27)23-14-4-6-15(7-5-14)28-18(19,20)21/h4-7,13H,3,8-12H2,1-2H3,(H,22,26)(H,23,27)/t13-/m0/s1. The van der Waals surface area contributed by atoms with E-state index in [1.54, 1.807) is 4.90 Å². The Morgan fingerprint density at radius 2 is 1.75 bits per heavy atom. The number of benzene rings is 1. The van der Waals surface area contributed by atoms with Crippen LogP contribution in [0.1, 0.15) is 20.3 Å². The number of anilines is 1. The Labute approximate surface area is 161 Å². The van der Waals surface area contributed by atoms with E-state index in [-0.39, 0.29) is 23.7 Å². The molecule has 156 valence electrons. The van der Waals surface area contributed by atoms with Crippen molar-refractivity contribution in [1.82, 2.24) is 15.1 Å². The summed E-state index contributed by atoms with van der Waals surface area (Å²) in [4.78, 5) is 27.8. The number of hydrogen-bond acceptors (Lipinski definition) is 4. The number of halogens is 3. The normalized spacial score (nSPS) is 16.4. The van der Waals surface area contributed by atoms with Gasteiger partial charge in [-0.2, -0.15) is 0 Å². The lowest BCUT2D eigenvalue weighted by Gasteiger charge is -2.34. The maximum atomic E-state index is 12.3. The fraction of sp³-hybridized carbons (Fsp3) is 0.556. The molecule has 3 amide bonds. The number of nitrogens with zero attached hydrogens (tertiary/aromatic N) is 2. The first kappa shape index (κ1) is 21.8. The number of urea groups is 1. The first-order valence-electron chi connectivity index (χ1n) is 9.09. The summed E-state index contributed by atoms with van der Waals surface area (Å²) in [5.74, 6) is -0.386. The number of carbonyl (C=O) groups is 2. The van der Waals surface area contributed by atoms with Crippen LogP contribution in [0.25, 0.3) is 0 Å². The zero-order valence-corrected chi connectivity index (χ0v) is 15.9. The Balaban J connectivity index is 1.76. The molecule has 1 aliphatic heterocycles. The summed E-state index contributed by atoms with van der Waals surface area (Å²) < 4.78 is 40.3. The van der Waals surface area contributed by atoms with E-state index in [1.807, 2.05) is 18.7 Å². The van der Waals surface area contributed by atoms with Gasteiger partial charge in [-0.15, -0.1) is 13.2 Å². The monoisotopic (exact) mass is 402 g/mol. The minimum Gasteiger partial charge on any atom is -0.406 e. The predicted molar refractivity (Wildman–Crippen MR) is 98.1 cm³/mol. The molecule has 1 heterocycles. The van der Waals surface area contributed by atoms with Gasteiger partial charge in [0.1, 0.15) is 5.75 Å². The highest BCUT2D eigenvalue weighted by Crippen LogP contribution is 2.24. The molecule has 0 unspecified atom stereocenters. The van der Waals surface area contributed by atoms with Crippen molar-refractivity contribution in [2.24, 2.45) is 0 Å². The summed E-state index contributed by atoms with van der Waals surface area (Å²) in [5, 5.41) is 5.55. The molecule has 1 aromatic rings. The molecule has 10 heteroatoms. The highest BCUT2D eigenvalue weighted by atomic mass is 19.4. The molecular weight excluding hydrogens is 377 g/mol. The molecule has 0 aromatic heterocycles. The van der Waals surface area contributed by atoms with Gasteiger partial charge in [-0.25, -0.2) is 4.79 Å². The average molecular weight is 402 g/mol. The average Bonchev–Trinajstić information content (AvgIpc) is 2.62. The first-order valence-corrected chi connectivity index (χ1v) is 9.09. The second kappa shape index (κ2) is 9.63. The number of ether oxygens (including phenoxy) is 1. The molecule has 2 N–H and O–H groups in total. The van der Waals surface area contributed by atoms with Gasteiger partial charge in [0.15, 0.2) is 0 Å². The van der Waals surface area contributed by atoms with Gasteiger partial charge in [0.2, 0.25) is 5.91 Å². The second-order valence-electron chi connectivity index (χ2n) is 6.64. The Morgan fingerprint density at radius 3 is 2.29 bits per heavy atom. The molecule has 0 aliphatic carbocycles. The van der Waals surface area contributed by atoms with E-state index in [0.29, 0.717) is 38.4 Å². The number of amides is 3. The predicted octanol–water partition coefficient (Wildman–Crippen LogP) is 2.65. The van der Waals surface area contributed by atoms with Gasteiger partial charge >= 0.3 is 12.4 Å². The number of rotatable bonds is 6. The lowest BCUT2D eigenvalue weighted by atomic mass is 10.2. The van der Waals surface area contributed by atoms with Gasteiger partial charge in [-0.3, -0.25) is 9.69 Å². The van der Waals surface area contributed by atoms with Gasteiger partial charge in [0.25, 0.3) is 0 Å². The summed E-state index contributed by atoms with van der Waals surface area (Å²) in [6.07, 6.45) is -3.89. The Bertz CT molecular complexity index is 659. The number of hydrogen-bond donors (Lipinski definition) is 2.